The van der Waals surface area contributed by atoms with Crippen molar-refractivity contribution in [2.45, 2.75) is 6.92 Å². The van der Waals surface area contributed by atoms with E-state index in [4.69, 9.17) is 5.26 Å². The summed E-state index contributed by atoms with van der Waals surface area (Å²) in [5, 5.41) is 14.2. The quantitative estimate of drug-likeness (QED) is 0.845. The van der Waals surface area contributed by atoms with Crippen LogP contribution in [0.5, 0.6) is 0 Å². The molecule has 5 nitrogen and oxygen atoms in total. The van der Waals surface area contributed by atoms with E-state index in [1.165, 1.54) is 6.92 Å². The molecule has 2 rings (SSSR count). The second kappa shape index (κ2) is 6.35. The Bertz CT molecular complexity index is 732. The molecule has 104 valence electrons. The molecule has 0 unspecified atom stereocenters. The van der Waals surface area contributed by atoms with Gasteiger partial charge in [-0.05, 0) is 31.2 Å². The average molecular weight is 279 g/mol. The number of ketones is 1. The number of carbonyl (C=O) groups excluding carboxylic acids is 2. The van der Waals surface area contributed by atoms with Gasteiger partial charge in [-0.3, -0.25) is 4.79 Å². The van der Waals surface area contributed by atoms with Crippen molar-refractivity contribution in [2.75, 3.05) is 10.6 Å². The number of nitrogens with one attached hydrogen (secondary N) is 2. The van der Waals surface area contributed by atoms with Crippen molar-refractivity contribution in [3.05, 3.63) is 59.7 Å². The highest BCUT2D eigenvalue weighted by molar-refractivity contribution is 6.02. The summed E-state index contributed by atoms with van der Waals surface area (Å²) in [6.07, 6.45) is 0. The monoisotopic (exact) mass is 279 g/mol. The van der Waals surface area contributed by atoms with Gasteiger partial charge in [-0.25, -0.2) is 4.79 Å². The third kappa shape index (κ3) is 3.67. The van der Waals surface area contributed by atoms with Gasteiger partial charge >= 0.3 is 6.03 Å². The highest BCUT2D eigenvalue weighted by atomic mass is 16.2. The lowest BCUT2D eigenvalue weighted by molar-refractivity contribution is 0.101. The summed E-state index contributed by atoms with van der Waals surface area (Å²) < 4.78 is 0. The molecule has 0 bridgehead atoms. The minimum Gasteiger partial charge on any atom is -0.308 e. The molecule has 5 heteroatoms. The maximum Gasteiger partial charge on any atom is 0.323 e. The normalized spacial score (nSPS) is 9.52. The first-order chi connectivity index (χ1) is 10.1. The molecular formula is C16H13N3O2. The van der Waals surface area contributed by atoms with Crippen LogP contribution in [0.25, 0.3) is 0 Å². The fourth-order valence-electron chi connectivity index (χ4n) is 1.79. The molecule has 2 N–H and O–H groups in total. The molecule has 0 atom stereocenters. The molecule has 0 aliphatic heterocycles. The van der Waals surface area contributed by atoms with Crippen LogP contribution < -0.4 is 10.6 Å². The van der Waals surface area contributed by atoms with Crippen LogP contribution in [0.2, 0.25) is 0 Å². The van der Waals surface area contributed by atoms with E-state index in [0.29, 0.717) is 22.5 Å². The van der Waals surface area contributed by atoms with Gasteiger partial charge in [0.1, 0.15) is 6.07 Å². The number of rotatable bonds is 3. The first-order valence-electron chi connectivity index (χ1n) is 6.28. The molecule has 21 heavy (non-hydrogen) atoms. The van der Waals surface area contributed by atoms with Crippen LogP contribution in [0.3, 0.4) is 0 Å². The number of hydrogen-bond acceptors (Lipinski definition) is 3. The lowest BCUT2D eigenvalue weighted by atomic mass is 10.1. The molecule has 0 fully saturated rings. The molecule has 0 aliphatic carbocycles. The number of benzene rings is 2. The summed E-state index contributed by atoms with van der Waals surface area (Å²) in [6.45, 7) is 1.46. The Morgan fingerprint density at radius 3 is 2.52 bits per heavy atom. The maximum absolute atomic E-state index is 11.9. The summed E-state index contributed by atoms with van der Waals surface area (Å²) in [4.78, 5) is 23.2. The first-order valence-corrected chi connectivity index (χ1v) is 6.28. The van der Waals surface area contributed by atoms with Crippen LogP contribution in [0, 0.1) is 11.3 Å². The van der Waals surface area contributed by atoms with Crippen molar-refractivity contribution < 1.29 is 9.59 Å². The zero-order valence-electron chi connectivity index (χ0n) is 11.4. The number of para-hydroxylation sites is 1. The number of nitriles is 1. The van der Waals surface area contributed by atoms with Crippen molar-refractivity contribution in [3.8, 4) is 6.07 Å². The zero-order chi connectivity index (χ0) is 15.2. The molecule has 2 amide bonds. The fourth-order valence-corrected chi connectivity index (χ4v) is 1.79. The van der Waals surface area contributed by atoms with Crippen LogP contribution in [0.15, 0.2) is 48.5 Å². The molecule has 2 aromatic rings. The Labute approximate surface area is 122 Å². The van der Waals surface area contributed by atoms with Crippen molar-refractivity contribution >= 4 is 23.2 Å². The van der Waals surface area contributed by atoms with Crippen LogP contribution in [0.1, 0.15) is 22.8 Å². The summed E-state index contributed by atoms with van der Waals surface area (Å²) >= 11 is 0. The molecule has 0 aliphatic rings. The van der Waals surface area contributed by atoms with E-state index in [-0.39, 0.29) is 5.78 Å². The minimum atomic E-state index is -0.474. The number of urea groups is 1. The van der Waals surface area contributed by atoms with Gasteiger partial charge in [0.25, 0.3) is 0 Å². The Morgan fingerprint density at radius 1 is 1.05 bits per heavy atom. The van der Waals surface area contributed by atoms with Gasteiger partial charge in [0.15, 0.2) is 5.78 Å². The number of Topliss-reactive ketones (excluding diaryl/α,β-unsaturated/α-hetero) is 1. The van der Waals surface area contributed by atoms with Gasteiger partial charge in [-0.2, -0.15) is 5.26 Å². The van der Waals surface area contributed by atoms with E-state index in [1.807, 2.05) is 6.07 Å². The van der Waals surface area contributed by atoms with E-state index in [1.54, 1.807) is 48.5 Å². The molecule has 0 heterocycles. The van der Waals surface area contributed by atoms with Gasteiger partial charge in [-0.15, -0.1) is 0 Å². The lowest BCUT2D eigenvalue weighted by Gasteiger charge is -2.09. The Balaban J connectivity index is 2.10. The van der Waals surface area contributed by atoms with Crippen molar-refractivity contribution in [3.63, 3.8) is 0 Å². The number of carbonyl (C=O) groups is 2. The molecule has 0 spiro atoms. The van der Waals surface area contributed by atoms with Crippen molar-refractivity contribution in [2.24, 2.45) is 0 Å². The van der Waals surface area contributed by atoms with E-state index < -0.39 is 6.03 Å². The first kappa shape index (κ1) is 14.3. The second-order valence-corrected chi connectivity index (χ2v) is 4.37. The molecule has 0 aromatic heterocycles. The molecular weight excluding hydrogens is 266 g/mol. The fraction of sp³-hybridized carbons (Fsp3) is 0.0625. The smallest absolute Gasteiger partial charge is 0.308 e. The van der Waals surface area contributed by atoms with Crippen molar-refractivity contribution in [1.82, 2.24) is 0 Å². The van der Waals surface area contributed by atoms with E-state index >= 15 is 0 Å². The van der Waals surface area contributed by atoms with Crippen LogP contribution >= 0.6 is 0 Å². The molecule has 0 saturated heterocycles. The third-order valence-corrected chi connectivity index (χ3v) is 2.82. The summed E-state index contributed by atoms with van der Waals surface area (Å²) in [7, 11) is 0. The Morgan fingerprint density at radius 2 is 1.81 bits per heavy atom. The predicted molar refractivity (Wildman–Crippen MR) is 80.2 cm³/mol. The van der Waals surface area contributed by atoms with Crippen LogP contribution in [-0.4, -0.2) is 11.8 Å². The van der Waals surface area contributed by atoms with Gasteiger partial charge in [-0.1, -0.05) is 24.3 Å². The number of hydrogen-bond donors (Lipinski definition) is 2. The SMILES string of the molecule is CC(=O)c1cccc(NC(=O)Nc2ccccc2C#N)c1. The van der Waals surface area contributed by atoms with Gasteiger partial charge < -0.3 is 10.6 Å². The predicted octanol–water partition coefficient (Wildman–Crippen LogP) is 3.40. The highest BCUT2D eigenvalue weighted by Crippen LogP contribution is 2.15. The number of anilines is 2. The summed E-state index contributed by atoms with van der Waals surface area (Å²) in [5.74, 6) is -0.0751. The average Bonchev–Trinajstić information content (AvgIpc) is 2.48. The zero-order valence-corrected chi connectivity index (χ0v) is 11.4. The van der Waals surface area contributed by atoms with Gasteiger partial charge in [0.05, 0.1) is 11.3 Å². The lowest BCUT2D eigenvalue weighted by Crippen LogP contribution is -2.20. The van der Waals surface area contributed by atoms with Crippen molar-refractivity contribution in [1.29, 1.82) is 5.26 Å². The minimum absolute atomic E-state index is 0.0751. The highest BCUT2D eigenvalue weighted by Gasteiger charge is 2.07. The van der Waals surface area contributed by atoms with E-state index in [2.05, 4.69) is 10.6 Å². The Hall–Kier alpha value is -3.13. The molecule has 0 radical (unpaired) electrons. The second-order valence-electron chi connectivity index (χ2n) is 4.37. The third-order valence-electron chi connectivity index (χ3n) is 2.82. The van der Waals surface area contributed by atoms with Crippen LogP contribution in [0.4, 0.5) is 16.2 Å². The summed E-state index contributed by atoms with van der Waals surface area (Å²) in [6, 6.07) is 14.9. The Kier molecular flexibility index (Phi) is 4.32. The maximum atomic E-state index is 11.9. The largest absolute Gasteiger partial charge is 0.323 e. The van der Waals surface area contributed by atoms with E-state index in [0.717, 1.165) is 0 Å². The number of nitrogens with zero attached hydrogens (tertiary/aromatic N) is 1. The van der Waals surface area contributed by atoms with Crippen LogP contribution in [-0.2, 0) is 0 Å². The standard InChI is InChI=1S/C16H13N3O2/c1-11(20)12-6-4-7-14(9-12)18-16(21)19-15-8-3-2-5-13(15)10-17/h2-9H,1H3,(H2,18,19,21). The molecule has 2 aromatic carbocycles. The number of amides is 2. The van der Waals surface area contributed by atoms with E-state index in [9.17, 15) is 9.59 Å². The summed E-state index contributed by atoms with van der Waals surface area (Å²) in [5.41, 5.74) is 1.84. The molecule has 0 saturated carbocycles. The topological polar surface area (TPSA) is 82.0 Å². The van der Waals surface area contributed by atoms with Gasteiger partial charge in [0, 0.05) is 11.3 Å². The van der Waals surface area contributed by atoms with Gasteiger partial charge in [0.2, 0.25) is 0 Å².